The third-order valence-electron chi connectivity index (χ3n) is 3.99. The van der Waals surface area contributed by atoms with Crippen molar-refractivity contribution < 1.29 is 15.0 Å². The lowest BCUT2D eigenvalue weighted by Gasteiger charge is -2.03. The van der Waals surface area contributed by atoms with Crippen LogP contribution in [0.1, 0.15) is 124 Å². The molecule has 0 aliphatic rings. The maximum Gasteiger partial charge on any atom is 0.303 e. The zero-order valence-corrected chi connectivity index (χ0v) is 18.8. The molecule has 0 unspecified atom stereocenters. The number of carbonyl (C=O) groups is 1. The second-order valence-electron chi connectivity index (χ2n) is 7.19. The van der Waals surface area contributed by atoms with Crippen LogP contribution in [0.4, 0.5) is 0 Å². The van der Waals surface area contributed by atoms with Crippen molar-refractivity contribution >= 4 is 23.3 Å². The molecule has 0 saturated carbocycles. The number of hydrogen-bond donors (Lipinski definition) is 2. The number of hydrogen-bond acceptors (Lipinski definition) is 2. The third-order valence-corrected chi connectivity index (χ3v) is 3.99. The average molecular weight is 373 g/mol. The summed E-state index contributed by atoms with van der Waals surface area (Å²) < 4.78 is 0. The summed E-state index contributed by atoms with van der Waals surface area (Å²) in [5.41, 5.74) is 0. The van der Waals surface area contributed by atoms with Crippen LogP contribution in [0.3, 0.4) is 0 Å². The van der Waals surface area contributed by atoms with Crippen LogP contribution < -0.4 is 0 Å². The van der Waals surface area contributed by atoms with Crippen molar-refractivity contribution in [1.82, 2.24) is 0 Å². The molecule has 0 spiro atoms. The van der Waals surface area contributed by atoms with Gasteiger partial charge in [-0.1, -0.05) is 96.8 Å². The van der Waals surface area contributed by atoms with Crippen molar-refractivity contribution in [3.63, 3.8) is 0 Å². The van der Waals surface area contributed by atoms with Gasteiger partial charge in [0.15, 0.2) is 0 Å². The average Bonchev–Trinajstić information content (AvgIpc) is 2.50. The smallest absolute Gasteiger partial charge is 0.303 e. The van der Waals surface area contributed by atoms with Crippen LogP contribution in [0.25, 0.3) is 0 Å². The fourth-order valence-corrected chi connectivity index (χ4v) is 2.65. The summed E-state index contributed by atoms with van der Waals surface area (Å²) in [6.45, 7) is 5.71. The predicted octanol–water partition coefficient (Wildman–Crippen LogP) is 6.07. The van der Waals surface area contributed by atoms with Crippen molar-refractivity contribution in [1.29, 1.82) is 0 Å². The van der Waals surface area contributed by atoms with Gasteiger partial charge in [-0.3, -0.25) is 4.79 Å². The molecule has 4 heteroatoms. The molecule has 25 heavy (non-hydrogen) atoms. The SMILES string of the molecule is CC(C)O.CCCCCCCCCCCCCCCCCC(=O)O.[AlH]. The molecule has 150 valence electrons. The van der Waals surface area contributed by atoms with E-state index in [4.69, 9.17) is 10.2 Å². The van der Waals surface area contributed by atoms with E-state index in [0.29, 0.717) is 6.42 Å². The predicted molar refractivity (Wildman–Crippen MR) is 112 cm³/mol. The van der Waals surface area contributed by atoms with Gasteiger partial charge in [-0.2, -0.15) is 0 Å². The highest BCUT2D eigenvalue weighted by atomic mass is 27.0. The van der Waals surface area contributed by atoms with Gasteiger partial charge in [0.2, 0.25) is 0 Å². The van der Waals surface area contributed by atoms with Crippen LogP contribution in [0.5, 0.6) is 0 Å². The monoisotopic (exact) mass is 372 g/mol. The van der Waals surface area contributed by atoms with E-state index in [2.05, 4.69) is 6.92 Å². The first-order chi connectivity index (χ1) is 11.5. The van der Waals surface area contributed by atoms with E-state index in [9.17, 15) is 4.79 Å². The standard InChI is InChI=1S/C18H36O2.C3H8O.Al.H/c1-2-3-4-5-6-7-8-9-10-11-12-13-14-15-16-17-18(19)20;1-3(2)4;;/h2-17H2,1H3,(H,19,20);3-4H,1-2H3;;. The van der Waals surface area contributed by atoms with Gasteiger partial charge >= 0.3 is 5.97 Å². The number of carboxylic acids is 1. The highest BCUT2D eigenvalue weighted by molar-refractivity contribution is 5.75. The normalized spacial score (nSPS) is 10.1. The molecule has 0 fully saturated rings. The van der Waals surface area contributed by atoms with E-state index >= 15 is 0 Å². The molecule has 0 aliphatic carbocycles. The number of aliphatic carboxylic acids is 1. The number of unbranched alkanes of at least 4 members (excludes halogenated alkanes) is 14. The number of aliphatic hydroxyl groups excluding tert-OH is 1. The van der Waals surface area contributed by atoms with E-state index in [-0.39, 0.29) is 23.5 Å². The Bertz CT molecular complexity index is 243. The Labute approximate surface area is 168 Å². The second kappa shape index (κ2) is 26.2. The van der Waals surface area contributed by atoms with Crippen LogP contribution in [-0.4, -0.2) is 39.6 Å². The van der Waals surface area contributed by atoms with Crippen LogP contribution in [0, 0.1) is 0 Å². The lowest BCUT2D eigenvalue weighted by Crippen LogP contribution is -1.93. The molecule has 0 heterocycles. The first-order valence-electron chi connectivity index (χ1n) is 10.4. The van der Waals surface area contributed by atoms with Crippen molar-refractivity contribution in [2.75, 3.05) is 0 Å². The Morgan fingerprint density at radius 2 is 0.920 bits per heavy atom. The molecule has 0 saturated heterocycles. The van der Waals surface area contributed by atoms with Crippen LogP contribution in [0.2, 0.25) is 0 Å². The third kappa shape index (κ3) is 40.2. The molecule has 0 aromatic carbocycles. The summed E-state index contributed by atoms with van der Waals surface area (Å²) >= 11 is 0. The van der Waals surface area contributed by atoms with Gasteiger partial charge in [-0.25, -0.2) is 0 Å². The van der Waals surface area contributed by atoms with Crippen LogP contribution in [0.15, 0.2) is 0 Å². The van der Waals surface area contributed by atoms with Gasteiger partial charge < -0.3 is 10.2 Å². The Balaban J connectivity index is -0.000000867. The summed E-state index contributed by atoms with van der Waals surface area (Å²) in [7, 11) is 0. The van der Waals surface area contributed by atoms with Gasteiger partial charge in [-0.05, 0) is 20.3 Å². The summed E-state index contributed by atoms with van der Waals surface area (Å²) in [5.74, 6) is -0.653. The van der Waals surface area contributed by atoms with Crippen molar-refractivity contribution in [3.8, 4) is 0 Å². The van der Waals surface area contributed by atoms with E-state index in [1.807, 2.05) is 0 Å². The zero-order valence-electron chi connectivity index (χ0n) is 17.4. The molecule has 0 atom stereocenters. The molecule has 2 N–H and O–H groups in total. The van der Waals surface area contributed by atoms with E-state index in [1.165, 1.54) is 83.5 Å². The number of aliphatic hydroxyl groups is 1. The largest absolute Gasteiger partial charge is 0.481 e. The molecular formula is C21H45AlO3. The molecule has 3 nitrogen and oxygen atoms in total. The van der Waals surface area contributed by atoms with E-state index in [1.54, 1.807) is 13.8 Å². The number of carboxylic acid groups (broad SMARTS) is 1. The second-order valence-corrected chi connectivity index (χ2v) is 7.19. The summed E-state index contributed by atoms with van der Waals surface area (Å²) in [4.78, 5) is 10.3. The lowest BCUT2D eigenvalue weighted by molar-refractivity contribution is -0.137. The minimum Gasteiger partial charge on any atom is -0.481 e. The van der Waals surface area contributed by atoms with Crippen molar-refractivity contribution in [2.45, 2.75) is 130 Å². The van der Waals surface area contributed by atoms with E-state index < -0.39 is 5.97 Å². The molecule has 0 bridgehead atoms. The Morgan fingerprint density at radius 1 is 0.680 bits per heavy atom. The quantitative estimate of drug-likeness (QED) is 0.255. The highest BCUT2D eigenvalue weighted by Crippen LogP contribution is 2.13. The maximum atomic E-state index is 10.3. The van der Waals surface area contributed by atoms with Crippen molar-refractivity contribution in [3.05, 3.63) is 0 Å². The van der Waals surface area contributed by atoms with Crippen molar-refractivity contribution in [2.24, 2.45) is 0 Å². The highest BCUT2D eigenvalue weighted by Gasteiger charge is 1.97. The minimum absolute atomic E-state index is 0. The summed E-state index contributed by atoms with van der Waals surface area (Å²) in [6.07, 6.45) is 20.0. The lowest BCUT2D eigenvalue weighted by atomic mass is 10.0. The molecule has 2 radical (unpaired) electrons. The Morgan fingerprint density at radius 3 is 1.16 bits per heavy atom. The molecule has 0 rings (SSSR count). The summed E-state index contributed by atoms with van der Waals surface area (Å²) in [6, 6.07) is 0. The molecule has 0 amide bonds. The minimum atomic E-state index is -0.653. The molecule has 0 aliphatic heterocycles. The fourth-order valence-electron chi connectivity index (χ4n) is 2.65. The number of rotatable bonds is 16. The van der Waals surface area contributed by atoms with Gasteiger partial charge in [0, 0.05) is 12.5 Å². The van der Waals surface area contributed by atoms with E-state index in [0.717, 1.165) is 12.8 Å². The van der Waals surface area contributed by atoms with Gasteiger partial charge in [0.25, 0.3) is 0 Å². The fraction of sp³-hybridized carbons (Fsp3) is 0.952. The first-order valence-corrected chi connectivity index (χ1v) is 10.4. The van der Waals surface area contributed by atoms with Gasteiger partial charge in [-0.15, -0.1) is 0 Å². The zero-order chi connectivity index (χ0) is 18.5. The topological polar surface area (TPSA) is 57.5 Å². The van der Waals surface area contributed by atoms with Gasteiger partial charge in [0.05, 0.1) is 17.4 Å². The molecular weight excluding hydrogens is 327 g/mol. The summed E-state index contributed by atoms with van der Waals surface area (Å²) in [5, 5.41) is 16.6. The van der Waals surface area contributed by atoms with Crippen LogP contribution >= 0.6 is 0 Å². The molecule has 0 aromatic rings. The van der Waals surface area contributed by atoms with Crippen LogP contribution in [-0.2, 0) is 4.79 Å². The molecule has 0 aromatic heterocycles. The first kappa shape index (κ1) is 29.7. The Kier molecular flexibility index (Phi) is 31.1. The maximum absolute atomic E-state index is 10.3. The van der Waals surface area contributed by atoms with Gasteiger partial charge in [0.1, 0.15) is 0 Å². The Hall–Kier alpha value is -0.0375.